The summed E-state index contributed by atoms with van der Waals surface area (Å²) in [6.07, 6.45) is 2.57. The van der Waals surface area contributed by atoms with Crippen molar-refractivity contribution in [2.45, 2.75) is 38.5 Å². The molecule has 1 aliphatic heterocycles. The predicted octanol–water partition coefficient (Wildman–Crippen LogP) is 1.36. The fourth-order valence-corrected chi connectivity index (χ4v) is 3.13. The second kappa shape index (κ2) is 13.5. The number of guanidine groups is 1. The van der Waals surface area contributed by atoms with E-state index in [0.717, 1.165) is 57.9 Å². The van der Waals surface area contributed by atoms with E-state index >= 15 is 0 Å². The summed E-state index contributed by atoms with van der Waals surface area (Å²) >= 11 is 0. The molecule has 1 aliphatic rings. The molecule has 3 N–H and O–H groups in total. The number of aliphatic hydroxyl groups excluding tert-OH is 1. The maximum Gasteiger partial charge on any atom is 0.191 e. The van der Waals surface area contributed by atoms with Gasteiger partial charge in [0.25, 0.3) is 0 Å². The Bertz CT molecular complexity index is 557. The SMILES string of the molecule is CN=C(NCCCOCCOC)NCc1ccc(CN2CCC(O)CC2)cc1. The molecule has 0 bridgehead atoms. The third kappa shape index (κ3) is 9.01. The van der Waals surface area contributed by atoms with Gasteiger partial charge in [0.1, 0.15) is 0 Å². The molecule has 2 rings (SSSR count). The third-order valence-corrected chi connectivity index (χ3v) is 4.86. The minimum atomic E-state index is -0.115. The molecule has 0 amide bonds. The Labute approximate surface area is 169 Å². The van der Waals surface area contributed by atoms with E-state index in [4.69, 9.17) is 9.47 Å². The summed E-state index contributed by atoms with van der Waals surface area (Å²) in [5.41, 5.74) is 2.54. The average Bonchev–Trinajstić information content (AvgIpc) is 2.72. The fraction of sp³-hybridized carbons (Fsp3) is 0.667. The number of ether oxygens (including phenoxy) is 2. The number of nitrogens with one attached hydrogen (secondary N) is 2. The van der Waals surface area contributed by atoms with Crippen LogP contribution >= 0.6 is 0 Å². The van der Waals surface area contributed by atoms with Crippen LogP contribution < -0.4 is 10.6 Å². The van der Waals surface area contributed by atoms with Gasteiger partial charge >= 0.3 is 0 Å². The Balaban J connectivity index is 1.63. The lowest BCUT2D eigenvalue weighted by atomic mass is 10.1. The molecule has 0 spiro atoms. The van der Waals surface area contributed by atoms with Gasteiger partial charge in [-0.3, -0.25) is 9.89 Å². The Morgan fingerprint density at radius 2 is 1.82 bits per heavy atom. The first-order valence-corrected chi connectivity index (χ1v) is 10.2. The Kier molecular flexibility index (Phi) is 10.9. The van der Waals surface area contributed by atoms with Crippen molar-refractivity contribution < 1.29 is 14.6 Å². The second-order valence-electron chi connectivity index (χ2n) is 7.14. The summed E-state index contributed by atoms with van der Waals surface area (Å²) in [4.78, 5) is 6.67. The molecule has 1 aromatic rings. The summed E-state index contributed by atoms with van der Waals surface area (Å²) in [6, 6.07) is 8.71. The number of hydrogen-bond donors (Lipinski definition) is 3. The standard InChI is InChI=1S/C21H36N4O3/c1-22-21(23-10-3-13-28-15-14-27-2)24-16-18-4-6-19(7-5-18)17-25-11-8-20(26)9-12-25/h4-7,20,26H,3,8-17H2,1-2H3,(H2,22,23,24). The molecule has 7 heteroatoms. The molecule has 1 aromatic carbocycles. The van der Waals surface area contributed by atoms with Crippen LogP contribution in [0.1, 0.15) is 30.4 Å². The van der Waals surface area contributed by atoms with Crippen molar-refractivity contribution in [2.24, 2.45) is 4.99 Å². The van der Waals surface area contributed by atoms with Gasteiger partial charge in [-0.15, -0.1) is 0 Å². The molecule has 1 saturated heterocycles. The van der Waals surface area contributed by atoms with Crippen molar-refractivity contribution in [1.82, 2.24) is 15.5 Å². The fourth-order valence-electron chi connectivity index (χ4n) is 3.13. The first kappa shape index (κ1) is 22.6. The summed E-state index contributed by atoms with van der Waals surface area (Å²) < 4.78 is 10.4. The van der Waals surface area contributed by atoms with E-state index in [1.165, 1.54) is 11.1 Å². The second-order valence-corrected chi connectivity index (χ2v) is 7.14. The highest BCUT2D eigenvalue weighted by atomic mass is 16.5. The molecule has 0 radical (unpaired) electrons. The maximum absolute atomic E-state index is 9.61. The van der Waals surface area contributed by atoms with Crippen LogP contribution in [0.5, 0.6) is 0 Å². The van der Waals surface area contributed by atoms with Crippen molar-refractivity contribution in [3.05, 3.63) is 35.4 Å². The number of piperidine rings is 1. The first-order valence-electron chi connectivity index (χ1n) is 10.2. The van der Waals surface area contributed by atoms with Crippen molar-refractivity contribution in [2.75, 3.05) is 53.6 Å². The van der Waals surface area contributed by atoms with E-state index in [-0.39, 0.29) is 6.10 Å². The average molecular weight is 393 g/mol. The van der Waals surface area contributed by atoms with Crippen LogP contribution in [0.15, 0.2) is 29.3 Å². The molecule has 0 aromatic heterocycles. The van der Waals surface area contributed by atoms with Gasteiger partial charge in [0.05, 0.1) is 19.3 Å². The molecule has 0 saturated carbocycles. The number of methoxy groups -OCH3 is 1. The highest BCUT2D eigenvalue weighted by molar-refractivity contribution is 5.79. The summed E-state index contributed by atoms with van der Waals surface area (Å²) in [5.74, 6) is 0.799. The van der Waals surface area contributed by atoms with Crippen LogP contribution in [0.4, 0.5) is 0 Å². The Morgan fingerprint density at radius 1 is 1.11 bits per heavy atom. The zero-order valence-electron chi connectivity index (χ0n) is 17.3. The van der Waals surface area contributed by atoms with Crippen LogP contribution in [-0.2, 0) is 22.6 Å². The zero-order chi connectivity index (χ0) is 20.0. The van der Waals surface area contributed by atoms with Crippen LogP contribution in [0, 0.1) is 0 Å². The van der Waals surface area contributed by atoms with Gasteiger partial charge in [0.2, 0.25) is 0 Å². The Hall–Kier alpha value is -1.67. The van der Waals surface area contributed by atoms with Crippen LogP contribution in [0.2, 0.25) is 0 Å². The highest BCUT2D eigenvalue weighted by Gasteiger charge is 2.16. The lowest BCUT2D eigenvalue weighted by Crippen LogP contribution is -2.37. The van der Waals surface area contributed by atoms with Crippen LogP contribution in [0.3, 0.4) is 0 Å². The molecule has 0 aliphatic carbocycles. The van der Waals surface area contributed by atoms with E-state index in [0.29, 0.717) is 19.8 Å². The predicted molar refractivity (Wildman–Crippen MR) is 112 cm³/mol. The largest absolute Gasteiger partial charge is 0.393 e. The smallest absolute Gasteiger partial charge is 0.191 e. The van der Waals surface area contributed by atoms with E-state index in [2.05, 4.69) is 44.8 Å². The molecule has 0 atom stereocenters. The van der Waals surface area contributed by atoms with Gasteiger partial charge in [0.15, 0.2) is 5.96 Å². The van der Waals surface area contributed by atoms with Gasteiger partial charge in [-0.25, -0.2) is 0 Å². The molecule has 1 fully saturated rings. The summed E-state index contributed by atoms with van der Waals surface area (Å²) in [5, 5.41) is 16.2. The van der Waals surface area contributed by atoms with Crippen molar-refractivity contribution >= 4 is 5.96 Å². The molecule has 1 heterocycles. The van der Waals surface area contributed by atoms with Gasteiger partial charge in [-0.2, -0.15) is 0 Å². The molecular formula is C21H36N4O3. The van der Waals surface area contributed by atoms with Gasteiger partial charge in [0, 0.05) is 53.5 Å². The first-order chi connectivity index (χ1) is 13.7. The molecule has 0 unspecified atom stereocenters. The normalized spacial score (nSPS) is 16.3. The van der Waals surface area contributed by atoms with Crippen LogP contribution in [0.25, 0.3) is 0 Å². The van der Waals surface area contributed by atoms with E-state index in [1.807, 2.05) is 0 Å². The maximum atomic E-state index is 9.61. The minimum absolute atomic E-state index is 0.115. The van der Waals surface area contributed by atoms with Crippen LogP contribution in [-0.4, -0.2) is 75.7 Å². The van der Waals surface area contributed by atoms with E-state index in [9.17, 15) is 5.11 Å². The minimum Gasteiger partial charge on any atom is -0.393 e. The monoisotopic (exact) mass is 392 g/mol. The highest BCUT2D eigenvalue weighted by Crippen LogP contribution is 2.14. The molecular weight excluding hydrogens is 356 g/mol. The number of benzene rings is 1. The number of aliphatic imine (C=N–C) groups is 1. The topological polar surface area (TPSA) is 78.4 Å². The van der Waals surface area contributed by atoms with Gasteiger partial charge in [-0.05, 0) is 30.4 Å². The lowest BCUT2D eigenvalue weighted by Gasteiger charge is -2.29. The molecule has 28 heavy (non-hydrogen) atoms. The van der Waals surface area contributed by atoms with Gasteiger partial charge in [-0.1, -0.05) is 24.3 Å². The van der Waals surface area contributed by atoms with Crippen molar-refractivity contribution in [3.8, 4) is 0 Å². The van der Waals surface area contributed by atoms with Gasteiger partial charge < -0.3 is 25.2 Å². The van der Waals surface area contributed by atoms with Crippen molar-refractivity contribution in [3.63, 3.8) is 0 Å². The van der Waals surface area contributed by atoms with E-state index < -0.39 is 0 Å². The number of rotatable bonds is 11. The number of hydrogen-bond acceptors (Lipinski definition) is 5. The summed E-state index contributed by atoms with van der Waals surface area (Å²) in [6.45, 7) is 6.45. The van der Waals surface area contributed by atoms with E-state index in [1.54, 1.807) is 14.2 Å². The molecule has 7 nitrogen and oxygen atoms in total. The third-order valence-electron chi connectivity index (χ3n) is 4.86. The number of aliphatic hydroxyl groups is 1. The summed E-state index contributed by atoms with van der Waals surface area (Å²) in [7, 11) is 3.46. The number of nitrogens with zero attached hydrogens (tertiary/aromatic N) is 2. The molecule has 158 valence electrons. The Morgan fingerprint density at radius 3 is 2.50 bits per heavy atom. The van der Waals surface area contributed by atoms with Crippen molar-refractivity contribution in [1.29, 1.82) is 0 Å². The quantitative estimate of drug-likeness (QED) is 0.300. The lowest BCUT2D eigenvalue weighted by molar-refractivity contribution is 0.0698. The zero-order valence-corrected chi connectivity index (χ0v) is 17.3. The number of likely N-dealkylation sites (tertiary alicyclic amines) is 1.